The van der Waals surface area contributed by atoms with Crippen molar-refractivity contribution in [3.63, 3.8) is 0 Å². The lowest BCUT2D eigenvalue weighted by atomic mass is 9.96. The second-order valence-electron chi connectivity index (χ2n) is 3.62. The minimum absolute atomic E-state index is 0.127. The van der Waals surface area contributed by atoms with Gasteiger partial charge in [0.25, 0.3) is 0 Å². The summed E-state index contributed by atoms with van der Waals surface area (Å²) in [7, 11) is 0. The molecule has 0 N–H and O–H groups in total. The van der Waals surface area contributed by atoms with Gasteiger partial charge in [-0.2, -0.15) is 0 Å². The molecule has 78 valence electrons. The second kappa shape index (κ2) is 5.63. The summed E-state index contributed by atoms with van der Waals surface area (Å²) in [5.74, 6) is 1.30. The van der Waals surface area contributed by atoms with Crippen molar-refractivity contribution < 1.29 is 9.21 Å². The fourth-order valence-corrected chi connectivity index (χ4v) is 1.59. The third kappa shape index (κ3) is 3.02. The standard InChI is InChI=1S/C12H18O2/c1-3-10(4-2)7-8-11(13)12-6-5-9-14-12/h5-6,9-10H,3-4,7-8H2,1-2H3. The van der Waals surface area contributed by atoms with Crippen LogP contribution < -0.4 is 0 Å². The van der Waals surface area contributed by atoms with Crippen LogP contribution in [0.3, 0.4) is 0 Å². The first kappa shape index (κ1) is 11.0. The van der Waals surface area contributed by atoms with E-state index in [0.717, 1.165) is 19.3 Å². The molecular formula is C12H18O2. The topological polar surface area (TPSA) is 30.2 Å². The van der Waals surface area contributed by atoms with Gasteiger partial charge < -0.3 is 4.42 Å². The van der Waals surface area contributed by atoms with Crippen LogP contribution in [-0.4, -0.2) is 5.78 Å². The largest absolute Gasteiger partial charge is 0.461 e. The van der Waals surface area contributed by atoms with Crippen molar-refractivity contribution in [2.45, 2.75) is 39.5 Å². The van der Waals surface area contributed by atoms with E-state index in [1.54, 1.807) is 18.4 Å². The van der Waals surface area contributed by atoms with Crippen LogP contribution in [0.2, 0.25) is 0 Å². The van der Waals surface area contributed by atoms with Gasteiger partial charge in [-0.05, 0) is 24.5 Å². The lowest BCUT2D eigenvalue weighted by molar-refractivity contribution is 0.0946. The predicted octanol–water partition coefficient (Wildman–Crippen LogP) is 3.68. The first-order valence-electron chi connectivity index (χ1n) is 5.34. The van der Waals surface area contributed by atoms with Crippen LogP contribution in [-0.2, 0) is 0 Å². The molecule has 0 spiro atoms. The van der Waals surface area contributed by atoms with Crippen LogP contribution in [0, 0.1) is 5.92 Å². The molecule has 0 aliphatic heterocycles. The fourth-order valence-electron chi connectivity index (χ4n) is 1.59. The van der Waals surface area contributed by atoms with E-state index in [4.69, 9.17) is 4.42 Å². The Kier molecular flexibility index (Phi) is 4.44. The summed E-state index contributed by atoms with van der Waals surface area (Å²) < 4.78 is 5.05. The molecule has 1 aromatic heterocycles. The summed E-state index contributed by atoms with van der Waals surface area (Å²) in [4.78, 5) is 11.5. The van der Waals surface area contributed by atoms with Crippen LogP contribution in [0.1, 0.15) is 50.1 Å². The van der Waals surface area contributed by atoms with Crippen LogP contribution in [0.15, 0.2) is 22.8 Å². The van der Waals surface area contributed by atoms with Crippen LogP contribution in [0.25, 0.3) is 0 Å². The number of rotatable bonds is 6. The van der Waals surface area contributed by atoms with Gasteiger partial charge in [0.15, 0.2) is 11.5 Å². The Labute approximate surface area is 85.3 Å². The molecule has 0 amide bonds. The molecule has 0 bridgehead atoms. The number of Topliss-reactive ketones (excluding diaryl/α,β-unsaturated/α-hetero) is 1. The highest BCUT2D eigenvalue weighted by Gasteiger charge is 2.11. The molecule has 0 atom stereocenters. The quantitative estimate of drug-likeness (QED) is 0.647. The number of ketones is 1. The summed E-state index contributed by atoms with van der Waals surface area (Å²) in [6.45, 7) is 4.34. The SMILES string of the molecule is CCC(CC)CCC(=O)c1ccco1. The van der Waals surface area contributed by atoms with Crippen molar-refractivity contribution in [2.75, 3.05) is 0 Å². The summed E-state index contributed by atoms with van der Waals surface area (Å²) in [5.41, 5.74) is 0. The van der Waals surface area contributed by atoms with E-state index in [9.17, 15) is 4.79 Å². The summed E-state index contributed by atoms with van der Waals surface area (Å²) in [5, 5.41) is 0. The molecule has 14 heavy (non-hydrogen) atoms. The van der Waals surface area contributed by atoms with Crippen molar-refractivity contribution in [1.82, 2.24) is 0 Å². The molecule has 1 heterocycles. The van der Waals surface area contributed by atoms with Crippen molar-refractivity contribution in [2.24, 2.45) is 5.92 Å². The third-order valence-electron chi connectivity index (χ3n) is 2.73. The molecule has 0 saturated heterocycles. The maximum atomic E-state index is 11.5. The molecule has 2 nitrogen and oxygen atoms in total. The molecule has 2 heteroatoms. The van der Waals surface area contributed by atoms with Gasteiger partial charge in [-0.3, -0.25) is 4.79 Å². The van der Waals surface area contributed by atoms with Crippen LogP contribution >= 0.6 is 0 Å². The van der Waals surface area contributed by atoms with Crippen LogP contribution in [0.4, 0.5) is 0 Å². The monoisotopic (exact) mass is 194 g/mol. The van der Waals surface area contributed by atoms with E-state index in [2.05, 4.69) is 13.8 Å². The predicted molar refractivity (Wildman–Crippen MR) is 56.3 cm³/mol. The zero-order valence-corrected chi connectivity index (χ0v) is 8.95. The molecule has 0 saturated carbocycles. The Morgan fingerprint density at radius 2 is 2.14 bits per heavy atom. The highest BCUT2D eigenvalue weighted by atomic mass is 16.3. The van der Waals surface area contributed by atoms with Gasteiger partial charge in [-0.1, -0.05) is 26.7 Å². The summed E-state index contributed by atoms with van der Waals surface area (Å²) in [6, 6.07) is 3.49. The van der Waals surface area contributed by atoms with Gasteiger partial charge in [-0.15, -0.1) is 0 Å². The average Bonchev–Trinajstić information content (AvgIpc) is 2.72. The smallest absolute Gasteiger partial charge is 0.197 e. The number of hydrogen-bond donors (Lipinski definition) is 0. The van der Waals surface area contributed by atoms with Gasteiger partial charge in [0, 0.05) is 6.42 Å². The van der Waals surface area contributed by atoms with Crippen molar-refractivity contribution in [3.8, 4) is 0 Å². The van der Waals surface area contributed by atoms with E-state index >= 15 is 0 Å². The van der Waals surface area contributed by atoms with Crippen molar-refractivity contribution >= 4 is 5.78 Å². The lowest BCUT2D eigenvalue weighted by Crippen LogP contribution is -2.03. The normalized spacial score (nSPS) is 10.8. The van der Waals surface area contributed by atoms with E-state index in [0.29, 0.717) is 18.1 Å². The number of carbonyl (C=O) groups excluding carboxylic acids is 1. The molecule has 0 unspecified atom stereocenters. The average molecular weight is 194 g/mol. The Morgan fingerprint density at radius 3 is 2.64 bits per heavy atom. The maximum Gasteiger partial charge on any atom is 0.197 e. The summed E-state index contributed by atoms with van der Waals surface area (Å²) >= 11 is 0. The molecule has 1 aromatic rings. The lowest BCUT2D eigenvalue weighted by Gasteiger charge is -2.09. The van der Waals surface area contributed by atoms with E-state index in [1.807, 2.05) is 0 Å². The first-order valence-corrected chi connectivity index (χ1v) is 5.34. The minimum Gasteiger partial charge on any atom is -0.461 e. The molecular weight excluding hydrogens is 176 g/mol. The van der Waals surface area contributed by atoms with Gasteiger partial charge >= 0.3 is 0 Å². The van der Waals surface area contributed by atoms with Crippen molar-refractivity contribution in [1.29, 1.82) is 0 Å². The molecule has 0 aromatic carbocycles. The molecule has 0 fully saturated rings. The van der Waals surface area contributed by atoms with Gasteiger partial charge in [0.05, 0.1) is 6.26 Å². The zero-order chi connectivity index (χ0) is 10.4. The Bertz CT molecular complexity index is 258. The second-order valence-corrected chi connectivity index (χ2v) is 3.62. The highest BCUT2D eigenvalue weighted by Crippen LogP contribution is 2.16. The molecule has 1 rings (SSSR count). The number of carbonyl (C=O) groups is 1. The summed E-state index contributed by atoms with van der Waals surface area (Å²) in [6.07, 6.45) is 5.45. The molecule has 0 aliphatic carbocycles. The van der Waals surface area contributed by atoms with E-state index < -0.39 is 0 Å². The van der Waals surface area contributed by atoms with E-state index in [-0.39, 0.29) is 5.78 Å². The number of hydrogen-bond acceptors (Lipinski definition) is 2. The van der Waals surface area contributed by atoms with Crippen molar-refractivity contribution in [3.05, 3.63) is 24.2 Å². The molecule has 0 aliphatic rings. The number of furan rings is 1. The maximum absolute atomic E-state index is 11.5. The highest BCUT2D eigenvalue weighted by molar-refractivity contribution is 5.93. The Balaban J connectivity index is 2.35. The third-order valence-corrected chi connectivity index (χ3v) is 2.73. The van der Waals surface area contributed by atoms with Crippen LogP contribution in [0.5, 0.6) is 0 Å². The fraction of sp³-hybridized carbons (Fsp3) is 0.583. The first-order chi connectivity index (χ1) is 6.77. The Morgan fingerprint density at radius 1 is 1.43 bits per heavy atom. The Hall–Kier alpha value is -1.05. The molecule has 0 radical (unpaired) electrons. The zero-order valence-electron chi connectivity index (χ0n) is 8.95. The van der Waals surface area contributed by atoms with E-state index in [1.165, 1.54) is 0 Å². The van der Waals surface area contributed by atoms with Gasteiger partial charge in [-0.25, -0.2) is 0 Å². The minimum atomic E-state index is 0.127. The van der Waals surface area contributed by atoms with Gasteiger partial charge in [0.1, 0.15) is 0 Å². The van der Waals surface area contributed by atoms with Gasteiger partial charge in [0.2, 0.25) is 0 Å².